The number of furan rings is 1. The first-order valence-electron chi connectivity index (χ1n) is 5.77. The van der Waals surface area contributed by atoms with Gasteiger partial charge in [0.05, 0.1) is 18.0 Å². The fourth-order valence-corrected chi connectivity index (χ4v) is 1.51. The van der Waals surface area contributed by atoms with Crippen molar-refractivity contribution in [3.63, 3.8) is 0 Å². The van der Waals surface area contributed by atoms with Gasteiger partial charge in [-0.05, 0) is 26.8 Å². The largest absolute Gasteiger partial charge is 0.472 e. The Balaban J connectivity index is 1.91. The lowest BCUT2D eigenvalue weighted by Gasteiger charge is -2.19. The van der Waals surface area contributed by atoms with Crippen molar-refractivity contribution < 1.29 is 8.83 Å². The lowest BCUT2D eigenvalue weighted by atomic mass is 10.1. The van der Waals surface area contributed by atoms with Gasteiger partial charge in [-0.3, -0.25) is 0 Å². The molecule has 17 heavy (non-hydrogen) atoms. The van der Waals surface area contributed by atoms with Crippen LogP contribution in [0.4, 0.5) is 0 Å². The Morgan fingerprint density at radius 1 is 1.35 bits per heavy atom. The van der Waals surface area contributed by atoms with Crippen molar-refractivity contribution in [2.24, 2.45) is 0 Å². The Kier molecular flexibility index (Phi) is 3.33. The average molecular weight is 234 g/mol. The maximum absolute atomic E-state index is 5.63. The SMILES string of the molecule is CC(C)(C)NCCc1ncc(-c2ccoc2)o1. The Bertz CT molecular complexity index is 452. The van der Waals surface area contributed by atoms with Crippen molar-refractivity contribution in [2.75, 3.05) is 6.54 Å². The first kappa shape index (κ1) is 11.9. The van der Waals surface area contributed by atoms with Crippen molar-refractivity contribution >= 4 is 0 Å². The first-order valence-corrected chi connectivity index (χ1v) is 5.77. The molecule has 4 heteroatoms. The van der Waals surface area contributed by atoms with Crippen LogP contribution in [-0.2, 0) is 6.42 Å². The van der Waals surface area contributed by atoms with E-state index >= 15 is 0 Å². The van der Waals surface area contributed by atoms with Crippen LogP contribution < -0.4 is 5.32 Å². The molecule has 0 aromatic carbocycles. The lowest BCUT2D eigenvalue weighted by molar-refractivity contribution is 0.411. The fourth-order valence-electron chi connectivity index (χ4n) is 1.51. The lowest BCUT2D eigenvalue weighted by Crippen LogP contribution is -2.37. The summed E-state index contributed by atoms with van der Waals surface area (Å²) in [4.78, 5) is 4.24. The highest BCUT2D eigenvalue weighted by molar-refractivity contribution is 5.53. The zero-order valence-corrected chi connectivity index (χ0v) is 10.5. The van der Waals surface area contributed by atoms with Crippen molar-refractivity contribution in [3.05, 3.63) is 30.7 Å². The molecule has 0 aliphatic carbocycles. The van der Waals surface area contributed by atoms with Crippen LogP contribution in [0.2, 0.25) is 0 Å². The van der Waals surface area contributed by atoms with E-state index in [4.69, 9.17) is 8.83 Å². The number of nitrogens with one attached hydrogen (secondary N) is 1. The third-order valence-electron chi connectivity index (χ3n) is 2.35. The second-order valence-corrected chi connectivity index (χ2v) is 5.06. The molecule has 2 heterocycles. The van der Waals surface area contributed by atoms with Gasteiger partial charge in [-0.2, -0.15) is 0 Å². The van der Waals surface area contributed by atoms with Crippen LogP contribution >= 0.6 is 0 Å². The van der Waals surface area contributed by atoms with Crippen LogP contribution in [0.1, 0.15) is 26.7 Å². The topological polar surface area (TPSA) is 51.2 Å². The first-order chi connectivity index (χ1) is 8.04. The van der Waals surface area contributed by atoms with E-state index in [9.17, 15) is 0 Å². The molecule has 2 aromatic heterocycles. The Labute approximate surface area is 101 Å². The second kappa shape index (κ2) is 4.75. The summed E-state index contributed by atoms with van der Waals surface area (Å²) in [6.45, 7) is 7.27. The number of oxazole rings is 1. The Hall–Kier alpha value is -1.55. The molecule has 0 aliphatic rings. The normalized spacial score (nSPS) is 11.9. The van der Waals surface area contributed by atoms with E-state index in [2.05, 4.69) is 31.1 Å². The summed E-state index contributed by atoms with van der Waals surface area (Å²) in [5, 5.41) is 3.40. The van der Waals surface area contributed by atoms with Crippen LogP contribution in [0.3, 0.4) is 0 Å². The minimum atomic E-state index is 0.125. The number of nitrogens with zero attached hydrogens (tertiary/aromatic N) is 1. The summed E-state index contributed by atoms with van der Waals surface area (Å²) in [5.74, 6) is 1.50. The zero-order valence-electron chi connectivity index (χ0n) is 10.5. The highest BCUT2D eigenvalue weighted by Crippen LogP contribution is 2.20. The fraction of sp³-hybridized carbons (Fsp3) is 0.462. The smallest absolute Gasteiger partial charge is 0.196 e. The molecule has 2 aromatic rings. The van der Waals surface area contributed by atoms with Crippen LogP contribution in [0, 0.1) is 0 Å². The minimum absolute atomic E-state index is 0.125. The van der Waals surface area contributed by atoms with Gasteiger partial charge in [0.15, 0.2) is 11.7 Å². The molecule has 0 saturated carbocycles. The van der Waals surface area contributed by atoms with Crippen LogP contribution in [0.25, 0.3) is 11.3 Å². The molecule has 0 radical (unpaired) electrons. The van der Waals surface area contributed by atoms with Gasteiger partial charge < -0.3 is 14.2 Å². The van der Waals surface area contributed by atoms with E-state index < -0.39 is 0 Å². The summed E-state index contributed by atoms with van der Waals surface area (Å²) >= 11 is 0. The van der Waals surface area contributed by atoms with Gasteiger partial charge in [0.2, 0.25) is 0 Å². The minimum Gasteiger partial charge on any atom is -0.472 e. The number of hydrogen-bond acceptors (Lipinski definition) is 4. The predicted molar refractivity (Wildman–Crippen MR) is 65.7 cm³/mol. The average Bonchev–Trinajstić information content (AvgIpc) is 2.83. The molecular formula is C13H18N2O2. The van der Waals surface area contributed by atoms with Crippen LogP contribution in [0.5, 0.6) is 0 Å². The summed E-state index contributed by atoms with van der Waals surface area (Å²) in [6.07, 6.45) is 5.79. The quantitative estimate of drug-likeness (QED) is 0.883. The third kappa shape index (κ3) is 3.46. The molecule has 0 saturated heterocycles. The van der Waals surface area contributed by atoms with Crippen LogP contribution in [-0.4, -0.2) is 17.1 Å². The summed E-state index contributed by atoms with van der Waals surface area (Å²) in [5.41, 5.74) is 1.05. The summed E-state index contributed by atoms with van der Waals surface area (Å²) in [6, 6.07) is 1.86. The number of hydrogen-bond donors (Lipinski definition) is 1. The third-order valence-corrected chi connectivity index (χ3v) is 2.35. The molecule has 2 rings (SSSR count). The van der Waals surface area contributed by atoms with E-state index in [1.54, 1.807) is 18.7 Å². The van der Waals surface area contributed by atoms with E-state index in [1.165, 1.54) is 0 Å². The summed E-state index contributed by atoms with van der Waals surface area (Å²) in [7, 11) is 0. The molecule has 1 N–H and O–H groups in total. The standard InChI is InChI=1S/C13H18N2O2/c1-13(2,3)15-6-4-12-14-8-11(17-12)10-5-7-16-9-10/h5,7-9,15H,4,6H2,1-3H3. The van der Waals surface area contributed by atoms with E-state index in [0.717, 1.165) is 30.2 Å². The predicted octanol–water partition coefficient (Wildman–Crippen LogP) is 2.87. The van der Waals surface area contributed by atoms with E-state index in [1.807, 2.05) is 6.07 Å². The van der Waals surface area contributed by atoms with Crippen molar-refractivity contribution in [3.8, 4) is 11.3 Å². The molecular weight excluding hydrogens is 216 g/mol. The molecule has 0 aliphatic heterocycles. The van der Waals surface area contributed by atoms with Crippen molar-refractivity contribution in [1.29, 1.82) is 0 Å². The van der Waals surface area contributed by atoms with E-state index in [0.29, 0.717) is 0 Å². The van der Waals surface area contributed by atoms with Gasteiger partial charge in [0.1, 0.15) is 6.26 Å². The Morgan fingerprint density at radius 3 is 2.82 bits per heavy atom. The molecule has 0 bridgehead atoms. The van der Waals surface area contributed by atoms with Crippen molar-refractivity contribution in [1.82, 2.24) is 10.3 Å². The monoisotopic (exact) mass is 234 g/mol. The van der Waals surface area contributed by atoms with Gasteiger partial charge in [-0.15, -0.1) is 0 Å². The highest BCUT2D eigenvalue weighted by Gasteiger charge is 2.10. The molecule has 92 valence electrons. The molecule has 0 fully saturated rings. The van der Waals surface area contributed by atoms with Gasteiger partial charge >= 0.3 is 0 Å². The van der Waals surface area contributed by atoms with Crippen molar-refractivity contribution in [2.45, 2.75) is 32.7 Å². The number of aromatic nitrogens is 1. The van der Waals surface area contributed by atoms with Gasteiger partial charge in [-0.1, -0.05) is 0 Å². The molecule has 0 unspecified atom stereocenters. The maximum atomic E-state index is 5.63. The molecule has 0 atom stereocenters. The van der Waals surface area contributed by atoms with Gasteiger partial charge in [-0.25, -0.2) is 4.98 Å². The van der Waals surface area contributed by atoms with E-state index in [-0.39, 0.29) is 5.54 Å². The van der Waals surface area contributed by atoms with Gasteiger partial charge in [0, 0.05) is 18.5 Å². The molecule has 0 spiro atoms. The number of rotatable bonds is 4. The summed E-state index contributed by atoms with van der Waals surface area (Å²) < 4.78 is 10.6. The molecule has 0 amide bonds. The highest BCUT2D eigenvalue weighted by atomic mass is 16.4. The Morgan fingerprint density at radius 2 is 2.18 bits per heavy atom. The van der Waals surface area contributed by atoms with Crippen LogP contribution in [0.15, 0.2) is 33.6 Å². The zero-order chi connectivity index (χ0) is 12.3. The maximum Gasteiger partial charge on any atom is 0.196 e. The van der Waals surface area contributed by atoms with Gasteiger partial charge in [0.25, 0.3) is 0 Å². The molecule has 4 nitrogen and oxygen atoms in total. The second-order valence-electron chi connectivity index (χ2n) is 5.06.